The Morgan fingerprint density at radius 1 is 1.20 bits per heavy atom. The Bertz CT molecular complexity index is 653. The number of nitrogens with zero attached hydrogens (tertiary/aromatic N) is 1. The van der Waals surface area contributed by atoms with Gasteiger partial charge in [0.25, 0.3) is 5.70 Å². The van der Waals surface area contributed by atoms with Gasteiger partial charge in [-0.3, -0.25) is 10.1 Å². The second kappa shape index (κ2) is 6.21. The first-order chi connectivity index (χ1) is 9.63. The number of benzene rings is 2. The molecular weight excluding hydrogens is 278 g/mol. The molecule has 102 valence electrons. The summed E-state index contributed by atoms with van der Waals surface area (Å²) >= 11 is 6.10. The van der Waals surface area contributed by atoms with Gasteiger partial charge in [0.05, 0.1) is 22.6 Å². The molecule has 2 aromatic carbocycles. The van der Waals surface area contributed by atoms with Gasteiger partial charge in [0.15, 0.2) is 0 Å². The maximum absolute atomic E-state index is 11.3. The molecule has 0 saturated carbocycles. The molecule has 5 heteroatoms. The van der Waals surface area contributed by atoms with E-state index in [1.807, 2.05) is 0 Å². The number of ether oxygens (including phenoxy) is 1. The minimum absolute atomic E-state index is 0.0306. The number of hydrogen-bond acceptors (Lipinski definition) is 3. The fraction of sp³-hybridized carbons (Fsp3) is 0.0667. The number of halogens is 1. The van der Waals surface area contributed by atoms with Gasteiger partial charge in [0, 0.05) is 11.6 Å². The first-order valence-electron chi connectivity index (χ1n) is 5.87. The number of hydrogen-bond donors (Lipinski definition) is 0. The predicted molar refractivity (Wildman–Crippen MR) is 79.3 cm³/mol. The largest absolute Gasteiger partial charge is 0.496 e. The van der Waals surface area contributed by atoms with Crippen molar-refractivity contribution in [3.8, 4) is 5.75 Å². The van der Waals surface area contributed by atoms with Crippen LogP contribution in [0.4, 0.5) is 0 Å². The molecule has 0 spiro atoms. The van der Waals surface area contributed by atoms with E-state index in [-0.39, 0.29) is 5.70 Å². The SMILES string of the molecule is COc1cccc(Cl)c1/C=C(\c1ccccc1)[N+](=O)[O-]. The third kappa shape index (κ3) is 2.97. The molecule has 0 aliphatic carbocycles. The number of methoxy groups -OCH3 is 1. The molecule has 0 aliphatic heterocycles. The van der Waals surface area contributed by atoms with Crippen molar-refractivity contribution in [2.45, 2.75) is 0 Å². The first kappa shape index (κ1) is 14.1. The highest BCUT2D eigenvalue weighted by Gasteiger charge is 2.16. The number of nitro groups is 1. The Morgan fingerprint density at radius 2 is 1.90 bits per heavy atom. The molecule has 0 bridgehead atoms. The second-order valence-electron chi connectivity index (χ2n) is 4.01. The van der Waals surface area contributed by atoms with Crippen molar-refractivity contribution in [2.24, 2.45) is 0 Å². The highest BCUT2D eigenvalue weighted by atomic mass is 35.5. The molecule has 0 N–H and O–H groups in total. The van der Waals surface area contributed by atoms with Crippen molar-refractivity contribution < 1.29 is 9.66 Å². The van der Waals surface area contributed by atoms with Gasteiger partial charge in [0.1, 0.15) is 5.75 Å². The van der Waals surface area contributed by atoms with Gasteiger partial charge < -0.3 is 4.74 Å². The highest BCUT2D eigenvalue weighted by Crippen LogP contribution is 2.30. The summed E-state index contributed by atoms with van der Waals surface area (Å²) in [4.78, 5) is 10.8. The minimum atomic E-state index is -0.432. The molecule has 2 rings (SSSR count). The van der Waals surface area contributed by atoms with E-state index in [0.29, 0.717) is 21.9 Å². The van der Waals surface area contributed by atoms with Crippen molar-refractivity contribution in [1.29, 1.82) is 0 Å². The van der Waals surface area contributed by atoms with E-state index >= 15 is 0 Å². The van der Waals surface area contributed by atoms with Crippen LogP contribution in [-0.4, -0.2) is 12.0 Å². The summed E-state index contributed by atoms with van der Waals surface area (Å²) in [7, 11) is 1.50. The summed E-state index contributed by atoms with van der Waals surface area (Å²) < 4.78 is 5.19. The molecule has 0 amide bonds. The van der Waals surface area contributed by atoms with Crippen molar-refractivity contribution in [1.82, 2.24) is 0 Å². The van der Waals surface area contributed by atoms with Crippen LogP contribution in [0.1, 0.15) is 11.1 Å². The molecule has 2 aromatic rings. The average Bonchev–Trinajstić information content (AvgIpc) is 2.46. The topological polar surface area (TPSA) is 52.4 Å². The zero-order valence-electron chi connectivity index (χ0n) is 10.7. The van der Waals surface area contributed by atoms with Crippen LogP contribution in [0.5, 0.6) is 5.75 Å². The van der Waals surface area contributed by atoms with Crippen LogP contribution in [0.25, 0.3) is 11.8 Å². The maximum Gasteiger partial charge on any atom is 0.277 e. The van der Waals surface area contributed by atoms with E-state index in [1.165, 1.54) is 13.2 Å². The lowest BCUT2D eigenvalue weighted by atomic mass is 10.1. The standard InChI is InChI=1S/C15H12ClNO3/c1-20-15-9-5-8-13(16)12(15)10-14(17(18)19)11-6-3-2-4-7-11/h2-10H,1H3/b14-10+. The average molecular weight is 290 g/mol. The van der Waals surface area contributed by atoms with Crippen molar-refractivity contribution in [3.05, 3.63) is 74.8 Å². The molecule has 0 saturated heterocycles. The van der Waals surface area contributed by atoms with E-state index in [1.54, 1.807) is 48.5 Å². The summed E-state index contributed by atoms with van der Waals surface area (Å²) in [6.07, 6.45) is 1.43. The summed E-state index contributed by atoms with van der Waals surface area (Å²) in [5.41, 5.74) is 0.976. The summed E-state index contributed by atoms with van der Waals surface area (Å²) in [5.74, 6) is 0.493. The maximum atomic E-state index is 11.3. The first-order valence-corrected chi connectivity index (χ1v) is 6.25. The summed E-state index contributed by atoms with van der Waals surface area (Å²) in [6.45, 7) is 0. The lowest BCUT2D eigenvalue weighted by Crippen LogP contribution is -1.98. The Hall–Kier alpha value is -2.33. The smallest absolute Gasteiger partial charge is 0.277 e. The minimum Gasteiger partial charge on any atom is -0.496 e. The summed E-state index contributed by atoms with van der Waals surface area (Å²) in [6, 6.07) is 13.8. The molecule has 0 aliphatic rings. The molecular formula is C15H12ClNO3. The van der Waals surface area contributed by atoms with Gasteiger partial charge in [0.2, 0.25) is 0 Å². The fourth-order valence-electron chi connectivity index (χ4n) is 1.82. The predicted octanol–water partition coefficient (Wildman–Crippen LogP) is 4.12. The van der Waals surface area contributed by atoms with Crippen molar-refractivity contribution in [2.75, 3.05) is 7.11 Å². The fourth-order valence-corrected chi connectivity index (χ4v) is 2.04. The third-order valence-electron chi connectivity index (χ3n) is 2.78. The molecule has 0 radical (unpaired) electrons. The van der Waals surface area contributed by atoms with E-state index in [9.17, 15) is 10.1 Å². The Balaban J connectivity index is 2.59. The van der Waals surface area contributed by atoms with Crippen LogP contribution in [0.15, 0.2) is 48.5 Å². The molecule has 20 heavy (non-hydrogen) atoms. The molecule has 0 unspecified atom stereocenters. The van der Waals surface area contributed by atoms with Crippen LogP contribution < -0.4 is 4.74 Å². The lowest BCUT2D eigenvalue weighted by Gasteiger charge is -2.06. The zero-order chi connectivity index (χ0) is 14.5. The zero-order valence-corrected chi connectivity index (χ0v) is 11.5. The Labute approximate surface area is 121 Å². The molecule has 4 nitrogen and oxygen atoms in total. The van der Waals surface area contributed by atoms with Gasteiger partial charge in [-0.15, -0.1) is 0 Å². The highest BCUT2D eigenvalue weighted by molar-refractivity contribution is 6.32. The quantitative estimate of drug-likeness (QED) is 0.483. The Kier molecular flexibility index (Phi) is 4.38. The molecule has 0 aromatic heterocycles. The van der Waals surface area contributed by atoms with E-state index in [4.69, 9.17) is 16.3 Å². The Morgan fingerprint density at radius 3 is 2.50 bits per heavy atom. The van der Waals surface area contributed by atoms with Gasteiger partial charge in [-0.05, 0) is 24.3 Å². The van der Waals surface area contributed by atoms with E-state index < -0.39 is 4.92 Å². The number of rotatable bonds is 4. The second-order valence-corrected chi connectivity index (χ2v) is 4.42. The normalized spacial score (nSPS) is 11.2. The van der Waals surface area contributed by atoms with E-state index in [0.717, 1.165) is 0 Å². The van der Waals surface area contributed by atoms with Gasteiger partial charge in [-0.25, -0.2) is 0 Å². The van der Waals surface area contributed by atoms with Gasteiger partial charge >= 0.3 is 0 Å². The van der Waals surface area contributed by atoms with Crippen LogP contribution in [0.2, 0.25) is 5.02 Å². The van der Waals surface area contributed by atoms with Crippen LogP contribution in [-0.2, 0) is 0 Å². The summed E-state index contributed by atoms with van der Waals surface area (Å²) in [5, 5.41) is 11.7. The van der Waals surface area contributed by atoms with E-state index in [2.05, 4.69) is 0 Å². The third-order valence-corrected chi connectivity index (χ3v) is 3.11. The lowest BCUT2D eigenvalue weighted by molar-refractivity contribution is -0.374. The molecule has 0 heterocycles. The van der Waals surface area contributed by atoms with Gasteiger partial charge in [-0.2, -0.15) is 0 Å². The van der Waals surface area contributed by atoms with Gasteiger partial charge in [-0.1, -0.05) is 35.9 Å². The van der Waals surface area contributed by atoms with Crippen molar-refractivity contribution >= 4 is 23.4 Å². The monoisotopic (exact) mass is 289 g/mol. The van der Waals surface area contributed by atoms with Crippen LogP contribution in [0.3, 0.4) is 0 Å². The van der Waals surface area contributed by atoms with Crippen LogP contribution >= 0.6 is 11.6 Å². The molecule has 0 fully saturated rings. The molecule has 0 atom stereocenters. The van der Waals surface area contributed by atoms with Crippen LogP contribution in [0, 0.1) is 10.1 Å². The van der Waals surface area contributed by atoms with Crippen molar-refractivity contribution in [3.63, 3.8) is 0 Å².